The van der Waals surface area contributed by atoms with Crippen molar-refractivity contribution in [3.8, 4) is 0 Å². The highest BCUT2D eigenvalue weighted by molar-refractivity contribution is 7.17. The number of aromatic nitrogens is 4. The van der Waals surface area contributed by atoms with E-state index in [1.165, 1.54) is 25.7 Å². The zero-order valence-corrected chi connectivity index (χ0v) is 15.5. The molecule has 0 atom stereocenters. The first-order chi connectivity index (χ1) is 12.3. The van der Waals surface area contributed by atoms with Crippen LogP contribution < -0.4 is 0 Å². The molecule has 7 heteroatoms. The molecule has 130 valence electrons. The van der Waals surface area contributed by atoms with E-state index in [0.29, 0.717) is 0 Å². The van der Waals surface area contributed by atoms with Gasteiger partial charge in [0, 0.05) is 5.02 Å². The van der Waals surface area contributed by atoms with Gasteiger partial charge in [-0.05, 0) is 49.7 Å². The summed E-state index contributed by atoms with van der Waals surface area (Å²) in [7, 11) is 0. The number of fused-ring (bicyclic) bond motifs is 1. The Kier molecular flexibility index (Phi) is 5.10. The fourth-order valence-corrected chi connectivity index (χ4v) is 4.07. The van der Waals surface area contributed by atoms with Gasteiger partial charge in [-0.1, -0.05) is 54.0 Å². The van der Waals surface area contributed by atoms with Crippen molar-refractivity contribution >= 4 is 40.1 Å². The molecule has 0 radical (unpaired) electrons. The monoisotopic (exact) mass is 373 g/mol. The standard InChI is InChI=1S/C18H20ClN5S/c19-15-7-5-6-14(12-15)8-9-17-22-24-16(20-21-18(24)25-17)13-23-10-3-1-2-4-11-23/h5-9,12H,1-4,10-11,13H2. The Hall–Kier alpha value is -1.76. The molecule has 1 aromatic carbocycles. The summed E-state index contributed by atoms with van der Waals surface area (Å²) in [5.41, 5.74) is 1.06. The van der Waals surface area contributed by atoms with Crippen LogP contribution in [0.1, 0.15) is 42.1 Å². The zero-order valence-electron chi connectivity index (χ0n) is 13.9. The predicted octanol–water partition coefficient (Wildman–Crippen LogP) is 4.39. The van der Waals surface area contributed by atoms with Gasteiger partial charge in [-0.2, -0.15) is 9.61 Å². The molecular formula is C18H20ClN5S. The van der Waals surface area contributed by atoms with Gasteiger partial charge in [-0.3, -0.25) is 4.90 Å². The lowest BCUT2D eigenvalue weighted by Gasteiger charge is -2.17. The van der Waals surface area contributed by atoms with Gasteiger partial charge in [0.05, 0.1) is 6.54 Å². The van der Waals surface area contributed by atoms with Crippen LogP contribution in [0.2, 0.25) is 5.02 Å². The number of rotatable bonds is 4. The maximum atomic E-state index is 6.02. The third kappa shape index (κ3) is 4.08. The molecule has 0 N–H and O–H groups in total. The van der Waals surface area contributed by atoms with Gasteiger partial charge in [0.2, 0.25) is 4.96 Å². The predicted molar refractivity (Wildman–Crippen MR) is 103 cm³/mol. The van der Waals surface area contributed by atoms with Crippen LogP contribution >= 0.6 is 22.9 Å². The highest BCUT2D eigenvalue weighted by Gasteiger charge is 2.15. The van der Waals surface area contributed by atoms with Crippen molar-refractivity contribution in [2.45, 2.75) is 32.2 Å². The van der Waals surface area contributed by atoms with Crippen LogP contribution in [-0.4, -0.2) is 37.8 Å². The number of nitrogens with zero attached hydrogens (tertiary/aromatic N) is 5. The third-order valence-corrected chi connectivity index (χ3v) is 5.50. The number of hydrogen-bond donors (Lipinski definition) is 0. The average Bonchev–Trinajstić information content (AvgIpc) is 3.06. The average molecular weight is 374 g/mol. The first kappa shape index (κ1) is 16.7. The van der Waals surface area contributed by atoms with E-state index in [-0.39, 0.29) is 0 Å². The summed E-state index contributed by atoms with van der Waals surface area (Å²) in [6.45, 7) is 3.10. The Labute approximate surface area is 155 Å². The van der Waals surface area contributed by atoms with Crippen LogP contribution in [0.5, 0.6) is 0 Å². The molecule has 3 aromatic rings. The van der Waals surface area contributed by atoms with Gasteiger partial charge >= 0.3 is 0 Å². The summed E-state index contributed by atoms with van der Waals surface area (Å²) in [5, 5.41) is 14.9. The number of hydrogen-bond acceptors (Lipinski definition) is 5. The largest absolute Gasteiger partial charge is 0.296 e. The topological polar surface area (TPSA) is 46.3 Å². The van der Waals surface area contributed by atoms with E-state index in [2.05, 4.69) is 20.2 Å². The molecule has 1 saturated heterocycles. The van der Waals surface area contributed by atoms with Crippen molar-refractivity contribution in [2.75, 3.05) is 13.1 Å². The molecule has 0 amide bonds. The smallest absolute Gasteiger partial charge is 0.235 e. The first-order valence-electron chi connectivity index (χ1n) is 8.65. The molecule has 2 aromatic heterocycles. The molecule has 1 fully saturated rings. The zero-order chi connectivity index (χ0) is 17.1. The lowest BCUT2D eigenvalue weighted by molar-refractivity contribution is 0.268. The molecule has 5 nitrogen and oxygen atoms in total. The van der Waals surface area contributed by atoms with Gasteiger partial charge in [-0.25, -0.2) is 0 Å². The second kappa shape index (κ2) is 7.64. The molecule has 0 aliphatic carbocycles. The molecule has 0 unspecified atom stereocenters. The molecule has 1 aliphatic heterocycles. The molecule has 3 heterocycles. The molecular weight excluding hydrogens is 354 g/mol. The van der Waals surface area contributed by atoms with Gasteiger partial charge in [-0.15, -0.1) is 10.2 Å². The summed E-state index contributed by atoms with van der Waals surface area (Å²) in [4.78, 5) is 3.31. The van der Waals surface area contributed by atoms with E-state index in [1.54, 1.807) is 11.3 Å². The van der Waals surface area contributed by atoms with E-state index in [1.807, 2.05) is 40.9 Å². The maximum Gasteiger partial charge on any atom is 0.235 e. The van der Waals surface area contributed by atoms with Gasteiger partial charge in [0.1, 0.15) is 5.01 Å². The fourth-order valence-electron chi connectivity index (χ4n) is 3.11. The van der Waals surface area contributed by atoms with Crippen molar-refractivity contribution < 1.29 is 0 Å². The van der Waals surface area contributed by atoms with Crippen LogP contribution in [0.4, 0.5) is 0 Å². The van der Waals surface area contributed by atoms with Gasteiger partial charge < -0.3 is 0 Å². The Morgan fingerprint density at radius 3 is 2.72 bits per heavy atom. The normalized spacial score (nSPS) is 16.7. The van der Waals surface area contributed by atoms with Crippen LogP contribution in [0.25, 0.3) is 17.1 Å². The summed E-state index contributed by atoms with van der Waals surface area (Å²) >= 11 is 7.57. The minimum absolute atomic E-state index is 0.736. The molecule has 1 aliphatic rings. The summed E-state index contributed by atoms with van der Waals surface area (Å²) in [6, 6.07) is 7.77. The minimum atomic E-state index is 0.736. The minimum Gasteiger partial charge on any atom is -0.296 e. The summed E-state index contributed by atoms with van der Waals surface area (Å²) in [5.74, 6) is 0.926. The fraction of sp³-hybridized carbons (Fsp3) is 0.389. The van der Waals surface area contributed by atoms with Crippen LogP contribution in [0.15, 0.2) is 24.3 Å². The van der Waals surface area contributed by atoms with Crippen molar-refractivity contribution in [2.24, 2.45) is 0 Å². The van der Waals surface area contributed by atoms with Crippen molar-refractivity contribution in [3.63, 3.8) is 0 Å². The molecule has 0 bridgehead atoms. The lowest BCUT2D eigenvalue weighted by atomic mass is 10.2. The maximum absolute atomic E-state index is 6.02. The SMILES string of the molecule is Clc1cccc(C=Cc2nn3c(CN4CCCCCC4)nnc3s2)c1. The molecule has 25 heavy (non-hydrogen) atoms. The number of likely N-dealkylation sites (tertiary alicyclic amines) is 1. The molecule has 0 saturated carbocycles. The third-order valence-electron chi connectivity index (χ3n) is 4.40. The van der Waals surface area contributed by atoms with Gasteiger partial charge in [0.15, 0.2) is 5.82 Å². The second-order valence-corrected chi connectivity index (χ2v) is 7.75. The van der Waals surface area contributed by atoms with Crippen LogP contribution in [0.3, 0.4) is 0 Å². The number of halogens is 1. The first-order valence-corrected chi connectivity index (χ1v) is 9.84. The Balaban J connectivity index is 1.51. The van der Waals surface area contributed by atoms with E-state index < -0.39 is 0 Å². The molecule has 0 spiro atoms. The van der Waals surface area contributed by atoms with E-state index in [9.17, 15) is 0 Å². The quantitative estimate of drug-likeness (QED) is 0.680. The Morgan fingerprint density at radius 2 is 1.92 bits per heavy atom. The summed E-state index contributed by atoms with van der Waals surface area (Å²) in [6.07, 6.45) is 9.23. The highest BCUT2D eigenvalue weighted by atomic mass is 35.5. The van der Waals surface area contributed by atoms with Gasteiger partial charge in [0.25, 0.3) is 0 Å². The van der Waals surface area contributed by atoms with E-state index >= 15 is 0 Å². The lowest BCUT2D eigenvalue weighted by Crippen LogP contribution is -2.25. The van der Waals surface area contributed by atoms with Crippen molar-refractivity contribution in [1.29, 1.82) is 0 Å². The van der Waals surface area contributed by atoms with Crippen LogP contribution in [0, 0.1) is 0 Å². The number of benzene rings is 1. The van der Waals surface area contributed by atoms with Crippen molar-refractivity contribution in [3.05, 3.63) is 45.7 Å². The van der Waals surface area contributed by atoms with E-state index in [4.69, 9.17) is 11.6 Å². The highest BCUT2D eigenvalue weighted by Crippen LogP contribution is 2.19. The van der Waals surface area contributed by atoms with E-state index in [0.717, 1.165) is 46.0 Å². The van der Waals surface area contributed by atoms with Crippen molar-refractivity contribution in [1.82, 2.24) is 24.7 Å². The molecule has 4 rings (SSSR count). The Bertz CT molecular complexity index is 877. The second-order valence-electron chi connectivity index (χ2n) is 6.33. The summed E-state index contributed by atoms with van der Waals surface area (Å²) < 4.78 is 1.88. The Morgan fingerprint density at radius 1 is 1.08 bits per heavy atom. The van der Waals surface area contributed by atoms with Crippen LogP contribution in [-0.2, 0) is 6.54 Å².